The summed E-state index contributed by atoms with van der Waals surface area (Å²) in [5.74, 6) is 0.604. The van der Waals surface area contributed by atoms with Crippen LogP contribution in [0, 0.1) is 28.1 Å². The second-order valence-electron chi connectivity index (χ2n) is 8.14. The molecule has 23 heavy (non-hydrogen) atoms. The number of carbonyl (C=O) groups is 1. The highest BCUT2D eigenvalue weighted by Gasteiger charge is 2.45. The number of ketones is 1. The summed E-state index contributed by atoms with van der Waals surface area (Å²) in [6.07, 6.45) is 6.92. The molecule has 2 rings (SSSR count). The average Bonchev–Trinajstić information content (AvgIpc) is 2.99. The summed E-state index contributed by atoms with van der Waals surface area (Å²) in [7, 11) is 0. The molecule has 0 aromatic heterocycles. The maximum atomic E-state index is 12.5. The molecule has 1 fully saturated rings. The summed E-state index contributed by atoms with van der Waals surface area (Å²) < 4.78 is 0. The minimum atomic E-state index is 0.107. The van der Waals surface area contributed by atoms with E-state index in [1.807, 2.05) is 30.3 Å². The monoisotopic (exact) mass is 311 g/mol. The molecule has 0 aliphatic heterocycles. The Bertz CT molecular complexity index is 556. The molecule has 0 spiro atoms. The molecule has 1 aromatic rings. The van der Waals surface area contributed by atoms with E-state index in [1.54, 1.807) is 0 Å². The summed E-state index contributed by atoms with van der Waals surface area (Å²) in [6, 6.07) is 12.0. The Morgan fingerprint density at radius 1 is 1.22 bits per heavy atom. The predicted molar refractivity (Wildman–Crippen MR) is 94.1 cm³/mol. The molecule has 1 aromatic carbocycles. The van der Waals surface area contributed by atoms with Gasteiger partial charge >= 0.3 is 0 Å². The number of hydrogen-bond donors (Lipinski definition) is 0. The third kappa shape index (κ3) is 4.22. The molecule has 1 atom stereocenters. The zero-order valence-corrected chi connectivity index (χ0v) is 14.8. The van der Waals surface area contributed by atoms with E-state index in [9.17, 15) is 10.1 Å². The molecule has 1 aliphatic carbocycles. The molecule has 1 saturated carbocycles. The van der Waals surface area contributed by atoms with Gasteiger partial charge in [-0.25, -0.2) is 0 Å². The van der Waals surface area contributed by atoms with E-state index in [1.165, 1.54) is 25.7 Å². The van der Waals surface area contributed by atoms with E-state index in [2.05, 4.69) is 26.8 Å². The van der Waals surface area contributed by atoms with Crippen LogP contribution in [0.1, 0.15) is 76.1 Å². The first kappa shape index (κ1) is 17.7. The topological polar surface area (TPSA) is 40.9 Å². The van der Waals surface area contributed by atoms with Crippen LogP contribution in [0.2, 0.25) is 0 Å². The van der Waals surface area contributed by atoms with Gasteiger partial charge in [0.2, 0.25) is 0 Å². The van der Waals surface area contributed by atoms with E-state index in [0.717, 1.165) is 12.0 Å². The SMILES string of the molecule is CC(C)(C)C(CC#N)C1(CCC(=O)c2ccccc2)CCCC1. The van der Waals surface area contributed by atoms with E-state index >= 15 is 0 Å². The van der Waals surface area contributed by atoms with Gasteiger partial charge < -0.3 is 0 Å². The van der Waals surface area contributed by atoms with E-state index in [-0.39, 0.29) is 16.6 Å². The Balaban J connectivity index is 2.14. The minimum absolute atomic E-state index is 0.107. The smallest absolute Gasteiger partial charge is 0.162 e. The Hall–Kier alpha value is -1.62. The number of nitriles is 1. The van der Waals surface area contributed by atoms with Gasteiger partial charge in [-0.2, -0.15) is 5.26 Å². The molecule has 0 N–H and O–H groups in total. The lowest BCUT2D eigenvalue weighted by Crippen LogP contribution is -2.37. The fourth-order valence-electron chi connectivity index (χ4n) is 4.52. The molecule has 0 heterocycles. The lowest BCUT2D eigenvalue weighted by Gasteiger charge is -2.44. The van der Waals surface area contributed by atoms with Crippen molar-refractivity contribution in [1.29, 1.82) is 5.26 Å². The largest absolute Gasteiger partial charge is 0.294 e. The van der Waals surface area contributed by atoms with Crippen LogP contribution in [0.5, 0.6) is 0 Å². The first-order valence-corrected chi connectivity index (χ1v) is 8.84. The normalized spacial score (nSPS) is 18.3. The van der Waals surface area contributed by atoms with Crippen molar-refractivity contribution in [2.75, 3.05) is 0 Å². The first-order chi connectivity index (χ1) is 10.9. The average molecular weight is 311 g/mol. The zero-order valence-electron chi connectivity index (χ0n) is 14.8. The van der Waals surface area contributed by atoms with Gasteiger partial charge in [-0.15, -0.1) is 0 Å². The van der Waals surface area contributed by atoms with Gasteiger partial charge in [0.15, 0.2) is 5.78 Å². The van der Waals surface area contributed by atoms with Crippen LogP contribution in [-0.4, -0.2) is 5.78 Å². The van der Waals surface area contributed by atoms with Crippen molar-refractivity contribution in [3.63, 3.8) is 0 Å². The minimum Gasteiger partial charge on any atom is -0.294 e. The van der Waals surface area contributed by atoms with Crippen molar-refractivity contribution in [2.45, 2.75) is 65.7 Å². The third-order valence-corrected chi connectivity index (χ3v) is 5.63. The van der Waals surface area contributed by atoms with Crippen LogP contribution in [0.25, 0.3) is 0 Å². The Morgan fingerprint density at radius 3 is 2.35 bits per heavy atom. The number of nitrogens with zero attached hydrogens (tertiary/aromatic N) is 1. The lowest BCUT2D eigenvalue weighted by atomic mass is 9.60. The van der Waals surface area contributed by atoms with E-state index < -0.39 is 0 Å². The van der Waals surface area contributed by atoms with E-state index in [4.69, 9.17) is 0 Å². The Morgan fingerprint density at radius 2 is 1.83 bits per heavy atom. The molecule has 0 radical (unpaired) electrons. The highest BCUT2D eigenvalue weighted by molar-refractivity contribution is 5.95. The van der Waals surface area contributed by atoms with Gasteiger partial charge in [0.1, 0.15) is 0 Å². The molecule has 2 heteroatoms. The van der Waals surface area contributed by atoms with Gasteiger partial charge in [-0.3, -0.25) is 4.79 Å². The summed E-state index contributed by atoms with van der Waals surface area (Å²) >= 11 is 0. The number of carbonyl (C=O) groups excluding carboxylic acids is 1. The summed E-state index contributed by atoms with van der Waals surface area (Å²) in [5, 5.41) is 9.31. The van der Waals surface area contributed by atoms with Crippen molar-refractivity contribution >= 4 is 5.78 Å². The summed E-state index contributed by atoms with van der Waals surface area (Å²) in [4.78, 5) is 12.5. The summed E-state index contributed by atoms with van der Waals surface area (Å²) in [5.41, 5.74) is 1.09. The Kier molecular flexibility index (Phi) is 5.63. The predicted octanol–water partition coefficient (Wildman–Crippen LogP) is 5.79. The number of hydrogen-bond acceptors (Lipinski definition) is 2. The molecule has 2 nitrogen and oxygen atoms in total. The van der Waals surface area contributed by atoms with Crippen molar-refractivity contribution in [3.05, 3.63) is 35.9 Å². The second-order valence-corrected chi connectivity index (χ2v) is 8.14. The van der Waals surface area contributed by atoms with Crippen molar-refractivity contribution in [3.8, 4) is 6.07 Å². The highest BCUT2D eigenvalue weighted by Crippen LogP contribution is 2.54. The quantitative estimate of drug-likeness (QED) is 0.624. The zero-order chi connectivity index (χ0) is 16.9. The first-order valence-electron chi connectivity index (χ1n) is 8.84. The lowest BCUT2D eigenvalue weighted by molar-refractivity contribution is 0.0501. The van der Waals surface area contributed by atoms with Crippen LogP contribution in [-0.2, 0) is 0 Å². The van der Waals surface area contributed by atoms with Gasteiger partial charge in [-0.05, 0) is 36.0 Å². The molecule has 1 unspecified atom stereocenters. The number of benzene rings is 1. The van der Waals surface area contributed by atoms with Crippen LogP contribution < -0.4 is 0 Å². The maximum Gasteiger partial charge on any atom is 0.162 e. The van der Waals surface area contributed by atoms with Crippen LogP contribution in [0.3, 0.4) is 0 Å². The third-order valence-electron chi connectivity index (χ3n) is 5.63. The molecule has 0 bridgehead atoms. The van der Waals surface area contributed by atoms with Crippen LogP contribution >= 0.6 is 0 Å². The van der Waals surface area contributed by atoms with Gasteiger partial charge in [0.05, 0.1) is 6.07 Å². The maximum absolute atomic E-state index is 12.5. The van der Waals surface area contributed by atoms with Gasteiger partial charge in [0, 0.05) is 18.4 Å². The van der Waals surface area contributed by atoms with Gasteiger partial charge in [0.25, 0.3) is 0 Å². The molecule has 1 aliphatic rings. The van der Waals surface area contributed by atoms with Gasteiger partial charge in [-0.1, -0.05) is 63.9 Å². The van der Waals surface area contributed by atoms with Crippen molar-refractivity contribution in [2.24, 2.45) is 16.7 Å². The van der Waals surface area contributed by atoms with Crippen molar-refractivity contribution < 1.29 is 4.79 Å². The van der Waals surface area contributed by atoms with Crippen molar-refractivity contribution in [1.82, 2.24) is 0 Å². The second kappa shape index (κ2) is 7.30. The van der Waals surface area contributed by atoms with Crippen LogP contribution in [0.4, 0.5) is 0 Å². The molecule has 124 valence electrons. The number of rotatable bonds is 6. The molecule has 0 saturated heterocycles. The Labute approximate surface area is 140 Å². The fraction of sp³-hybridized carbons (Fsp3) is 0.619. The van der Waals surface area contributed by atoms with E-state index in [0.29, 0.717) is 18.8 Å². The van der Waals surface area contributed by atoms with Crippen LogP contribution in [0.15, 0.2) is 30.3 Å². The summed E-state index contributed by atoms with van der Waals surface area (Å²) in [6.45, 7) is 6.73. The standard InChI is InChI=1S/C21H29NO/c1-20(2,3)19(12-16-22)21(13-7-8-14-21)15-11-18(23)17-9-5-4-6-10-17/h4-6,9-10,19H,7-8,11-15H2,1-3H3. The molecular weight excluding hydrogens is 282 g/mol. The fourth-order valence-corrected chi connectivity index (χ4v) is 4.52. The highest BCUT2D eigenvalue weighted by atomic mass is 16.1. The molecular formula is C21H29NO. The molecule has 0 amide bonds. The number of Topliss-reactive ketones (excluding diaryl/α,β-unsaturated/α-hetero) is 1.